The first kappa shape index (κ1) is 15.4. The smallest absolute Gasteiger partial charge is 0.269 e. The van der Waals surface area contributed by atoms with Crippen LogP contribution < -0.4 is 15.8 Å². The molecule has 0 aliphatic carbocycles. The number of para-hydroxylation sites is 1. The van der Waals surface area contributed by atoms with Gasteiger partial charge in [-0.25, -0.2) is 0 Å². The predicted molar refractivity (Wildman–Crippen MR) is 83.4 cm³/mol. The molecule has 0 radical (unpaired) electrons. The van der Waals surface area contributed by atoms with Crippen LogP contribution in [0.3, 0.4) is 0 Å². The van der Waals surface area contributed by atoms with Gasteiger partial charge in [0.25, 0.3) is 11.8 Å². The number of phenols is 1. The molecular formula is C16H17N3O3. The zero-order valence-electron chi connectivity index (χ0n) is 12.1. The maximum Gasteiger partial charge on any atom is 0.269 e. The highest BCUT2D eigenvalue weighted by Gasteiger charge is 2.10. The summed E-state index contributed by atoms with van der Waals surface area (Å²) in [7, 11) is 1.78. The first-order valence-corrected chi connectivity index (χ1v) is 6.70. The van der Waals surface area contributed by atoms with Crippen LogP contribution in [0.2, 0.25) is 0 Å². The van der Waals surface area contributed by atoms with E-state index in [1.807, 2.05) is 30.3 Å². The average molecular weight is 299 g/mol. The third-order valence-corrected chi connectivity index (χ3v) is 3.00. The molecule has 0 saturated heterocycles. The molecule has 22 heavy (non-hydrogen) atoms. The third-order valence-electron chi connectivity index (χ3n) is 3.00. The van der Waals surface area contributed by atoms with E-state index < -0.39 is 5.91 Å². The van der Waals surface area contributed by atoms with E-state index >= 15 is 0 Å². The van der Waals surface area contributed by atoms with E-state index in [9.17, 15) is 14.7 Å². The van der Waals surface area contributed by atoms with E-state index in [2.05, 4.69) is 10.9 Å². The number of nitrogens with zero attached hydrogens (tertiary/aromatic N) is 1. The Morgan fingerprint density at radius 3 is 2.45 bits per heavy atom. The van der Waals surface area contributed by atoms with Crippen molar-refractivity contribution in [3.8, 4) is 5.75 Å². The number of nitrogens with one attached hydrogen (secondary N) is 2. The fourth-order valence-corrected chi connectivity index (χ4v) is 1.87. The number of anilines is 1. The van der Waals surface area contributed by atoms with Crippen LogP contribution in [-0.2, 0) is 4.79 Å². The summed E-state index contributed by atoms with van der Waals surface area (Å²) in [4.78, 5) is 25.4. The molecule has 2 rings (SSSR count). The minimum Gasteiger partial charge on any atom is -0.508 e. The average Bonchev–Trinajstić information content (AvgIpc) is 2.53. The standard InChI is InChI=1S/C16H17N3O3/c1-19(13-7-3-2-4-8-13)11-15(21)17-18-16(22)12-6-5-9-14(20)10-12/h2-10,20H,11H2,1H3,(H,17,21)(H,18,22). The van der Waals surface area contributed by atoms with E-state index in [4.69, 9.17) is 0 Å². The second-order valence-electron chi connectivity index (χ2n) is 4.74. The van der Waals surface area contributed by atoms with Crippen molar-refractivity contribution in [2.45, 2.75) is 0 Å². The van der Waals surface area contributed by atoms with Gasteiger partial charge in [-0.1, -0.05) is 24.3 Å². The van der Waals surface area contributed by atoms with Crippen molar-refractivity contribution >= 4 is 17.5 Å². The molecule has 0 aliphatic heterocycles. The molecule has 0 bridgehead atoms. The maximum atomic E-state index is 11.8. The van der Waals surface area contributed by atoms with Gasteiger partial charge < -0.3 is 10.0 Å². The molecule has 114 valence electrons. The van der Waals surface area contributed by atoms with E-state index in [1.54, 1.807) is 18.0 Å². The number of hydrazine groups is 1. The summed E-state index contributed by atoms with van der Waals surface area (Å²) in [5.41, 5.74) is 5.81. The highest BCUT2D eigenvalue weighted by atomic mass is 16.3. The van der Waals surface area contributed by atoms with Gasteiger partial charge in [-0.3, -0.25) is 20.4 Å². The molecule has 3 N–H and O–H groups in total. The maximum absolute atomic E-state index is 11.8. The van der Waals surface area contributed by atoms with E-state index in [0.29, 0.717) is 0 Å². The molecule has 0 aliphatic rings. The van der Waals surface area contributed by atoms with Gasteiger partial charge in [0.2, 0.25) is 0 Å². The van der Waals surface area contributed by atoms with Crippen molar-refractivity contribution in [3.05, 3.63) is 60.2 Å². The number of benzene rings is 2. The topological polar surface area (TPSA) is 81.7 Å². The second kappa shape index (κ2) is 7.12. The van der Waals surface area contributed by atoms with Crippen LogP contribution in [0.5, 0.6) is 5.75 Å². The zero-order valence-corrected chi connectivity index (χ0v) is 12.1. The quantitative estimate of drug-likeness (QED) is 0.743. The predicted octanol–water partition coefficient (Wildman–Crippen LogP) is 1.29. The minimum absolute atomic E-state index is 0.0113. The largest absolute Gasteiger partial charge is 0.508 e. The minimum atomic E-state index is -0.494. The highest BCUT2D eigenvalue weighted by Crippen LogP contribution is 2.11. The van der Waals surface area contributed by atoms with Crippen LogP contribution in [0.25, 0.3) is 0 Å². The number of aromatic hydroxyl groups is 1. The number of phenolic OH excluding ortho intramolecular Hbond substituents is 1. The number of carbonyl (C=O) groups is 2. The molecule has 0 atom stereocenters. The molecule has 6 heteroatoms. The molecule has 0 saturated carbocycles. The van der Waals surface area contributed by atoms with Gasteiger partial charge in [-0.2, -0.15) is 0 Å². The Morgan fingerprint density at radius 2 is 1.77 bits per heavy atom. The number of likely N-dealkylation sites (N-methyl/N-ethyl adjacent to an activating group) is 1. The highest BCUT2D eigenvalue weighted by molar-refractivity contribution is 5.96. The van der Waals surface area contributed by atoms with Crippen molar-refractivity contribution in [3.63, 3.8) is 0 Å². The van der Waals surface area contributed by atoms with Crippen molar-refractivity contribution in [2.75, 3.05) is 18.5 Å². The Morgan fingerprint density at radius 1 is 1.05 bits per heavy atom. The van der Waals surface area contributed by atoms with Crippen LogP contribution in [0.1, 0.15) is 10.4 Å². The van der Waals surface area contributed by atoms with E-state index in [0.717, 1.165) is 5.69 Å². The number of amides is 2. The van der Waals surface area contributed by atoms with Crippen molar-refractivity contribution < 1.29 is 14.7 Å². The van der Waals surface area contributed by atoms with Crippen molar-refractivity contribution in [1.29, 1.82) is 0 Å². The molecule has 0 unspecified atom stereocenters. The number of carbonyl (C=O) groups excluding carboxylic acids is 2. The molecule has 0 aromatic heterocycles. The summed E-state index contributed by atoms with van der Waals surface area (Å²) < 4.78 is 0. The Labute approximate surface area is 128 Å². The van der Waals surface area contributed by atoms with Gasteiger partial charge in [-0.05, 0) is 30.3 Å². The van der Waals surface area contributed by atoms with Crippen LogP contribution in [-0.4, -0.2) is 30.5 Å². The molecular weight excluding hydrogens is 282 g/mol. The SMILES string of the molecule is CN(CC(=O)NNC(=O)c1cccc(O)c1)c1ccccc1. The van der Waals surface area contributed by atoms with Crippen molar-refractivity contribution in [1.82, 2.24) is 10.9 Å². The van der Waals surface area contributed by atoms with Gasteiger partial charge in [0, 0.05) is 18.3 Å². The Bertz CT molecular complexity index is 659. The van der Waals surface area contributed by atoms with Gasteiger partial charge in [0.15, 0.2) is 0 Å². The molecule has 0 fully saturated rings. The zero-order chi connectivity index (χ0) is 15.9. The molecule has 0 heterocycles. The van der Waals surface area contributed by atoms with Gasteiger partial charge >= 0.3 is 0 Å². The third kappa shape index (κ3) is 4.24. The first-order valence-electron chi connectivity index (χ1n) is 6.70. The van der Waals surface area contributed by atoms with Gasteiger partial charge in [-0.15, -0.1) is 0 Å². The summed E-state index contributed by atoms with van der Waals surface area (Å²) in [6.07, 6.45) is 0. The van der Waals surface area contributed by atoms with Gasteiger partial charge in [0.1, 0.15) is 5.75 Å². The van der Waals surface area contributed by atoms with E-state index in [1.165, 1.54) is 18.2 Å². The summed E-state index contributed by atoms with van der Waals surface area (Å²) in [6.45, 7) is 0.102. The normalized spacial score (nSPS) is 9.86. The lowest BCUT2D eigenvalue weighted by atomic mass is 10.2. The van der Waals surface area contributed by atoms with Crippen molar-refractivity contribution in [2.24, 2.45) is 0 Å². The molecule has 6 nitrogen and oxygen atoms in total. The van der Waals surface area contributed by atoms with Crippen LogP contribution in [0.15, 0.2) is 54.6 Å². The molecule has 0 spiro atoms. The first-order chi connectivity index (χ1) is 10.6. The molecule has 2 aromatic carbocycles. The monoisotopic (exact) mass is 299 g/mol. The fourth-order valence-electron chi connectivity index (χ4n) is 1.87. The summed E-state index contributed by atoms with van der Waals surface area (Å²) in [5.74, 6) is -0.853. The number of hydrogen-bond donors (Lipinski definition) is 3. The number of rotatable bonds is 4. The lowest BCUT2D eigenvalue weighted by molar-refractivity contribution is -0.120. The van der Waals surface area contributed by atoms with Gasteiger partial charge in [0.05, 0.1) is 6.54 Å². The van der Waals surface area contributed by atoms with E-state index in [-0.39, 0.29) is 23.8 Å². The second-order valence-corrected chi connectivity index (χ2v) is 4.74. The number of hydrogen-bond acceptors (Lipinski definition) is 4. The van der Waals surface area contributed by atoms with Crippen LogP contribution >= 0.6 is 0 Å². The Hall–Kier alpha value is -3.02. The fraction of sp³-hybridized carbons (Fsp3) is 0.125. The Kier molecular flexibility index (Phi) is 4.98. The molecule has 2 amide bonds. The van der Waals surface area contributed by atoms with Crippen LogP contribution in [0, 0.1) is 0 Å². The Balaban J connectivity index is 1.84. The summed E-state index contributed by atoms with van der Waals surface area (Å²) in [6, 6.07) is 15.3. The lowest BCUT2D eigenvalue weighted by Gasteiger charge is -2.18. The summed E-state index contributed by atoms with van der Waals surface area (Å²) in [5, 5.41) is 9.31. The summed E-state index contributed by atoms with van der Waals surface area (Å²) >= 11 is 0. The lowest BCUT2D eigenvalue weighted by Crippen LogP contribution is -2.45. The molecule has 2 aromatic rings. The van der Waals surface area contributed by atoms with Crippen LogP contribution in [0.4, 0.5) is 5.69 Å².